The summed E-state index contributed by atoms with van der Waals surface area (Å²) < 4.78 is 12.3. The summed E-state index contributed by atoms with van der Waals surface area (Å²) in [6, 6.07) is 15.1. The van der Waals surface area contributed by atoms with Crippen molar-refractivity contribution in [1.29, 1.82) is 0 Å². The molecular weight excluding hydrogens is 625 g/mol. The number of aryl methyl sites for hydroxylation is 1. The zero-order chi connectivity index (χ0) is 32.5. The van der Waals surface area contributed by atoms with Crippen LogP contribution in [0.4, 0.5) is 5.00 Å². The third-order valence-corrected chi connectivity index (χ3v) is 9.69. The van der Waals surface area contributed by atoms with Gasteiger partial charge in [0.1, 0.15) is 5.00 Å². The second kappa shape index (κ2) is 15.6. The number of carbonyl (C=O) groups is 3. The third-order valence-electron chi connectivity index (χ3n) is 7.46. The van der Waals surface area contributed by atoms with E-state index in [0.29, 0.717) is 39.6 Å². The summed E-state index contributed by atoms with van der Waals surface area (Å²) in [5.74, 6) is 1.09. The monoisotopic (exact) mass is 660 g/mol. The van der Waals surface area contributed by atoms with Crippen molar-refractivity contribution >= 4 is 51.9 Å². The summed E-state index contributed by atoms with van der Waals surface area (Å²) in [5, 5.41) is 18.3. The van der Waals surface area contributed by atoms with Crippen molar-refractivity contribution in [3.05, 3.63) is 87.6 Å². The maximum Gasteiger partial charge on any atom is 0.254 e. The van der Waals surface area contributed by atoms with E-state index in [1.165, 1.54) is 29.2 Å². The van der Waals surface area contributed by atoms with E-state index >= 15 is 0 Å². The SMILES string of the molecule is COc1ccc(C=CC(=O)NCc2nnc(SCC(=O)Nc3sc4c(c3C(=O)NCc3ccccc3)CCCC4)n2C)cc1OC. The van der Waals surface area contributed by atoms with Crippen LogP contribution in [-0.2, 0) is 42.6 Å². The highest BCUT2D eigenvalue weighted by Crippen LogP contribution is 2.38. The highest BCUT2D eigenvalue weighted by molar-refractivity contribution is 7.99. The summed E-state index contributed by atoms with van der Waals surface area (Å²) in [7, 11) is 4.90. The summed E-state index contributed by atoms with van der Waals surface area (Å²) in [6.07, 6.45) is 6.94. The molecule has 0 aliphatic heterocycles. The molecule has 0 radical (unpaired) electrons. The molecule has 2 aromatic heterocycles. The van der Waals surface area contributed by atoms with E-state index in [9.17, 15) is 14.4 Å². The molecule has 0 saturated heterocycles. The number of thioether (sulfide) groups is 1. The Morgan fingerprint density at radius 1 is 0.978 bits per heavy atom. The fraction of sp³-hybridized carbons (Fsp3) is 0.303. The first-order valence-corrected chi connectivity index (χ1v) is 16.6. The van der Waals surface area contributed by atoms with Gasteiger partial charge in [0.05, 0.1) is 32.1 Å². The van der Waals surface area contributed by atoms with Crippen LogP contribution in [0.5, 0.6) is 11.5 Å². The quantitative estimate of drug-likeness (QED) is 0.138. The summed E-state index contributed by atoms with van der Waals surface area (Å²) in [4.78, 5) is 40.0. The minimum Gasteiger partial charge on any atom is -0.493 e. The molecule has 240 valence electrons. The van der Waals surface area contributed by atoms with E-state index in [-0.39, 0.29) is 30.0 Å². The number of thiophene rings is 1. The lowest BCUT2D eigenvalue weighted by atomic mass is 9.95. The van der Waals surface area contributed by atoms with Gasteiger partial charge in [0, 0.05) is 24.5 Å². The second-order valence-electron chi connectivity index (χ2n) is 10.5. The first-order valence-electron chi connectivity index (χ1n) is 14.8. The van der Waals surface area contributed by atoms with E-state index in [1.807, 2.05) is 36.4 Å². The van der Waals surface area contributed by atoms with Crippen LogP contribution in [0.3, 0.4) is 0 Å². The van der Waals surface area contributed by atoms with Crippen molar-refractivity contribution in [3.8, 4) is 11.5 Å². The molecule has 0 spiro atoms. The number of benzene rings is 2. The Hall–Kier alpha value is -4.62. The lowest BCUT2D eigenvalue weighted by molar-refractivity contribution is -0.116. The number of aromatic nitrogens is 3. The maximum absolute atomic E-state index is 13.3. The van der Waals surface area contributed by atoms with Crippen molar-refractivity contribution in [3.63, 3.8) is 0 Å². The molecule has 0 unspecified atom stereocenters. The average Bonchev–Trinajstić information content (AvgIpc) is 3.63. The topological polar surface area (TPSA) is 136 Å². The van der Waals surface area contributed by atoms with Gasteiger partial charge in [-0.25, -0.2) is 0 Å². The van der Waals surface area contributed by atoms with Crippen LogP contribution in [0.1, 0.15) is 50.6 Å². The molecule has 0 bridgehead atoms. The highest BCUT2D eigenvalue weighted by atomic mass is 32.2. The fourth-order valence-electron chi connectivity index (χ4n) is 5.03. The van der Waals surface area contributed by atoms with Crippen LogP contribution in [-0.4, -0.2) is 52.5 Å². The Kier molecular flexibility index (Phi) is 11.1. The first kappa shape index (κ1) is 32.8. The standard InChI is InChI=1S/C33H36N6O5S2/c1-39-27(19-34-28(40)16-14-21-13-15-24(43-2)25(17-21)44-3)37-38-33(39)45-20-29(41)36-32-30(23-11-7-8-12-26(23)46-32)31(42)35-18-22-9-5-4-6-10-22/h4-6,9-10,13-17H,7-8,11-12,18-20H2,1-3H3,(H,34,40)(H,35,42)(H,36,41). The van der Waals surface area contributed by atoms with E-state index < -0.39 is 0 Å². The molecule has 11 nitrogen and oxygen atoms in total. The Morgan fingerprint density at radius 2 is 1.76 bits per heavy atom. The predicted octanol–water partition coefficient (Wildman–Crippen LogP) is 4.76. The van der Waals surface area contributed by atoms with Gasteiger partial charge in [0.25, 0.3) is 5.91 Å². The van der Waals surface area contributed by atoms with Gasteiger partial charge in [0.2, 0.25) is 11.8 Å². The van der Waals surface area contributed by atoms with Crippen molar-refractivity contribution in [1.82, 2.24) is 25.4 Å². The van der Waals surface area contributed by atoms with Gasteiger partial charge in [-0.1, -0.05) is 48.2 Å². The second-order valence-corrected chi connectivity index (χ2v) is 12.6. The van der Waals surface area contributed by atoms with Crippen molar-refractivity contribution < 1.29 is 23.9 Å². The molecule has 3 N–H and O–H groups in total. The molecule has 0 fully saturated rings. The minimum absolute atomic E-state index is 0.0834. The normalized spacial score (nSPS) is 12.4. The van der Waals surface area contributed by atoms with Gasteiger partial charge in [-0.05, 0) is 60.6 Å². The zero-order valence-corrected chi connectivity index (χ0v) is 27.6. The molecule has 4 aromatic rings. The molecule has 1 aliphatic carbocycles. The lowest BCUT2D eigenvalue weighted by Gasteiger charge is -2.13. The van der Waals surface area contributed by atoms with Crippen LogP contribution < -0.4 is 25.4 Å². The number of ether oxygens (including phenoxy) is 2. The molecule has 1 aliphatic rings. The van der Waals surface area contributed by atoms with Gasteiger partial charge in [-0.15, -0.1) is 21.5 Å². The number of nitrogens with zero attached hydrogens (tertiary/aromatic N) is 3. The van der Waals surface area contributed by atoms with E-state index in [0.717, 1.165) is 47.3 Å². The number of fused-ring (bicyclic) bond motifs is 1. The number of amides is 3. The Balaban J connectivity index is 1.15. The summed E-state index contributed by atoms with van der Waals surface area (Å²) >= 11 is 2.72. The number of nitrogens with one attached hydrogen (secondary N) is 3. The molecule has 13 heteroatoms. The molecule has 3 amide bonds. The minimum atomic E-state index is -0.298. The number of hydrogen-bond acceptors (Lipinski definition) is 9. The number of carbonyl (C=O) groups excluding carboxylic acids is 3. The van der Waals surface area contributed by atoms with Crippen LogP contribution in [0.15, 0.2) is 59.8 Å². The largest absolute Gasteiger partial charge is 0.493 e. The van der Waals surface area contributed by atoms with Gasteiger partial charge >= 0.3 is 0 Å². The lowest BCUT2D eigenvalue weighted by Crippen LogP contribution is -2.25. The number of hydrogen-bond donors (Lipinski definition) is 3. The third kappa shape index (κ3) is 8.15. The summed E-state index contributed by atoms with van der Waals surface area (Å²) in [6.45, 7) is 0.574. The zero-order valence-electron chi connectivity index (χ0n) is 25.9. The van der Waals surface area contributed by atoms with Crippen molar-refractivity contribution in [2.24, 2.45) is 7.05 Å². The van der Waals surface area contributed by atoms with Gasteiger partial charge in [-0.2, -0.15) is 0 Å². The molecule has 0 atom stereocenters. The maximum atomic E-state index is 13.3. The van der Waals surface area contributed by atoms with E-state index in [4.69, 9.17) is 9.47 Å². The molecular formula is C33H36N6O5S2. The first-order chi connectivity index (χ1) is 22.4. The Labute approximate surface area is 275 Å². The number of rotatable bonds is 13. The molecule has 2 aromatic carbocycles. The average molecular weight is 661 g/mol. The molecule has 5 rings (SSSR count). The number of methoxy groups -OCH3 is 2. The van der Waals surface area contributed by atoms with Gasteiger partial charge < -0.3 is 30.0 Å². The molecule has 2 heterocycles. The van der Waals surface area contributed by atoms with Crippen LogP contribution in [0.25, 0.3) is 6.08 Å². The van der Waals surface area contributed by atoms with Crippen LogP contribution in [0.2, 0.25) is 0 Å². The highest BCUT2D eigenvalue weighted by Gasteiger charge is 2.26. The van der Waals surface area contributed by atoms with E-state index in [2.05, 4.69) is 26.1 Å². The molecule has 0 saturated carbocycles. The van der Waals surface area contributed by atoms with Crippen LogP contribution >= 0.6 is 23.1 Å². The Bertz CT molecular complexity index is 1730. The predicted molar refractivity (Wildman–Crippen MR) is 179 cm³/mol. The number of anilines is 1. The van der Waals surface area contributed by atoms with E-state index in [1.54, 1.807) is 44.0 Å². The Morgan fingerprint density at radius 3 is 2.54 bits per heavy atom. The van der Waals surface area contributed by atoms with Gasteiger partial charge in [-0.3, -0.25) is 14.4 Å². The summed E-state index contributed by atoms with van der Waals surface area (Å²) in [5.41, 5.74) is 3.41. The van der Waals surface area contributed by atoms with Crippen LogP contribution in [0, 0.1) is 0 Å². The van der Waals surface area contributed by atoms with Crippen molar-refractivity contribution in [2.75, 3.05) is 25.3 Å². The van der Waals surface area contributed by atoms with Crippen molar-refractivity contribution in [2.45, 2.75) is 43.9 Å². The smallest absolute Gasteiger partial charge is 0.254 e. The fourth-order valence-corrected chi connectivity index (χ4v) is 7.06. The molecule has 46 heavy (non-hydrogen) atoms. The van der Waals surface area contributed by atoms with Gasteiger partial charge in [0.15, 0.2) is 22.5 Å².